The molecular weight excluding hydrogens is 268 g/mol. The molecule has 0 amide bonds. The summed E-state index contributed by atoms with van der Waals surface area (Å²) in [4.78, 5) is 16.8. The van der Waals surface area contributed by atoms with E-state index in [0.717, 1.165) is 18.4 Å². The van der Waals surface area contributed by atoms with Crippen LogP contribution in [-0.4, -0.2) is 25.2 Å². The van der Waals surface area contributed by atoms with Gasteiger partial charge in [-0.2, -0.15) is 4.84 Å². The Morgan fingerprint density at radius 2 is 2.19 bits per heavy atom. The third-order valence-electron chi connectivity index (χ3n) is 3.36. The number of rotatable bonds is 4. The zero-order valence-corrected chi connectivity index (χ0v) is 12.2. The molecule has 1 unspecified atom stereocenters. The van der Waals surface area contributed by atoms with E-state index in [1.807, 2.05) is 37.3 Å². The molecule has 0 spiro atoms. The Kier molecular flexibility index (Phi) is 6.04. The van der Waals surface area contributed by atoms with Crippen LogP contribution in [0.5, 0.6) is 0 Å². The van der Waals surface area contributed by atoms with E-state index in [0.29, 0.717) is 19.8 Å². The summed E-state index contributed by atoms with van der Waals surface area (Å²) in [6.45, 7) is 3.34. The van der Waals surface area contributed by atoms with E-state index in [1.165, 1.54) is 0 Å². The highest BCUT2D eigenvalue weighted by atomic mass is 16.6. The Labute approximate surface area is 125 Å². The summed E-state index contributed by atoms with van der Waals surface area (Å²) in [6.07, 6.45) is 1.60. The summed E-state index contributed by atoms with van der Waals surface area (Å²) in [7, 11) is 0. The fourth-order valence-corrected chi connectivity index (χ4v) is 2.20. The Balaban J connectivity index is 1.69. The molecule has 0 aromatic heterocycles. The summed E-state index contributed by atoms with van der Waals surface area (Å²) < 4.78 is 4.99. The number of hydrogen-bond donors (Lipinski definition) is 1. The molecule has 5 nitrogen and oxygen atoms in total. The number of carbonyl (C=O) groups excluding carboxylic acids is 1. The Morgan fingerprint density at radius 1 is 1.38 bits per heavy atom. The molecule has 1 saturated heterocycles. The Morgan fingerprint density at radius 3 is 2.86 bits per heavy atom. The van der Waals surface area contributed by atoms with E-state index >= 15 is 0 Å². The van der Waals surface area contributed by atoms with Crippen molar-refractivity contribution in [1.29, 1.82) is 0 Å². The molecule has 1 aromatic carbocycles. The lowest BCUT2D eigenvalue weighted by atomic mass is 9.96. The lowest BCUT2D eigenvalue weighted by Gasteiger charge is -2.23. The van der Waals surface area contributed by atoms with Crippen LogP contribution < -0.4 is 5.32 Å². The van der Waals surface area contributed by atoms with Crippen LogP contribution in [0.25, 0.3) is 5.01 Å². The third kappa shape index (κ3) is 5.09. The Bertz CT molecular complexity index is 499. The van der Waals surface area contributed by atoms with Gasteiger partial charge in [0, 0.05) is 6.54 Å². The normalized spacial score (nSPS) is 21.0. The minimum absolute atomic E-state index is 0.173. The van der Waals surface area contributed by atoms with Crippen molar-refractivity contribution in [2.24, 2.45) is 5.92 Å². The van der Waals surface area contributed by atoms with Gasteiger partial charge in [-0.15, -0.1) is 0 Å². The number of benzene rings is 1. The highest BCUT2D eigenvalue weighted by molar-refractivity contribution is 5.75. The van der Waals surface area contributed by atoms with Crippen LogP contribution in [0, 0.1) is 12.0 Å². The van der Waals surface area contributed by atoms with Gasteiger partial charge in [-0.3, -0.25) is 4.79 Å². The first-order valence-corrected chi connectivity index (χ1v) is 7.31. The predicted molar refractivity (Wildman–Crippen MR) is 79.6 cm³/mol. The van der Waals surface area contributed by atoms with Gasteiger partial charge < -0.3 is 10.1 Å². The number of nitrogens with one attached hydrogen (secondary N) is 1. The Hall–Kier alpha value is -2.06. The van der Waals surface area contributed by atoms with Gasteiger partial charge >= 0.3 is 12.0 Å². The molecule has 0 aliphatic carbocycles. The van der Waals surface area contributed by atoms with E-state index in [9.17, 15) is 4.79 Å². The average Bonchev–Trinajstić information content (AvgIpc) is 2.53. The molecule has 0 saturated carbocycles. The van der Waals surface area contributed by atoms with Gasteiger partial charge in [-0.05, 0) is 25.3 Å². The van der Waals surface area contributed by atoms with Crippen molar-refractivity contribution < 1.29 is 14.4 Å². The smallest absolute Gasteiger partial charge is 0.354 e. The van der Waals surface area contributed by atoms with Crippen LogP contribution in [0.2, 0.25) is 0 Å². The van der Waals surface area contributed by atoms with Gasteiger partial charge in [0.1, 0.15) is 12.0 Å². The highest BCUT2D eigenvalue weighted by Crippen LogP contribution is 2.15. The molecule has 21 heavy (non-hydrogen) atoms. The quantitative estimate of drug-likeness (QED) is 0.683. The third-order valence-corrected chi connectivity index (χ3v) is 3.36. The topological polar surface area (TPSA) is 51.9 Å². The molecule has 1 N–H and O–H groups in total. The molecule has 1 fully saturated rings. The first kappa shape index (κ1) is 15.3. The summed E-state index contributed by atoms with van der Waals surface area (Å²) in [6, 6.07) is 12.6. The molecule has 0 bridgehead atoms. The van der Waals surface area contributed by atoms with Crippen molar-refractivity contribution in [1.82, 2.24) is 5.32 Å². The molecule has 0 radical (unpaired) electrons. The highest BCUT2D eigenvalue weighted by Gasteiger charge is 2.28. The molecule has 112 valence electrons. The number of piperidine rings is 1. The molecule has 1 heterocycles. The predicted octanol–water partition coefficient (Wildman–Crippen LogP) is 2.38. The maximum atomic E-state index is 11.6. The van der Waals surface area contributed by atoms with Gasteiger partial charge in [0.2, 0.25) is 11.6 Å². The summed E-state index contributed by atoms with van der Waals surface area (Å²) in [5, 5.41) is 7.05. The molecule has 1 aliphatic heterocycles. The van der Waals surface area contributed by atoms with Crippen LogP contribution >= 0.6 is 0 Å². The first-order valence-electron chi connectivity index (χ1n) is 7.31. The van der Waals surface area contributed by atoms with Crippen molar-refractivity contribution in [2.45, 2.75) is 32.4 Å². The molecule has 5 heteroatoms. The first-order chi connectivity index (χ1) is 10.3. The molecule has 1 aromatic rings. The second-order valence-electron chi connectivity index (χ2n) is 4.97. The average molecular weight is 289 g/mol. The van der Waals surface area contributed by atoms with Crippen molar-refractivity contribution in [3.8, 4) is 6.07 Å². The second kappa shape index (κ2) is 8.28. The largest absolute Gasteiger partial charge is 0.465 e. The standard InChI is InChI=1S/C16H21N2O3/c1-2-20-16(19)15-9-8-14(10-17-15)11-18-21-12-13-6-4-3-5-7-13/h3-7,14-15,17H,2,8-10,12H2,1H3/q+1/t14?,15-/m1/s1. The van der Waals surface area contributed by atoms with Crippen LogP contribution in [0.15, 0.2) is 30.3 Å². The zero-order valence-electron chi connectivity index (χ0n) is 12.2. The maximum absolute atomic E-state index is 11.6. The van der Waals surface area contributed by atoms with Gasteiger partial charge in [0.05, 0.1) is 6.61 Å². The van der Waals surface area contributed by atoms with E-state index in [4.69, 9.17) is 9.57 Å². The number of nitrogens with zero attached hydrogens (tertiary/aromatic N) is 1. The van der Waals surface area contributed by atoms with Crippen molar-refractivity contribution in [3.05, 3.63) is 40.9 Å². The van der Waals surface area contributed by atoms with E-state index < -0.39 is 0 Å². The van der Waals surface area contributed by atoms with E-state index in [2.05, 4.69) is 16.4 Å². The number of carbonyl (C=O) groups is 1. The fourth-order valence-electron chi connectivity index (χ4n) is 2.20. The van der Waals surface area contributed by atoms with Gasteiger partial charge in [-0.25, -0.2) is 0 Å². The zero-order chi connectivity index (χ0) is 14.9. The monoisotopic (exact) mass is 289 g/mol. The molecule has 1 aliphatic rings. The SMILES string of the molecule is CCOC(=O)[C@H]1CCC(C#[N+]OCc2ccccc2)CN1. The van der Waals surface area contributed by atoms with Crippen molar-refractivity contribution >= 4 is 5.97 Å². The van der Waals surface area contributed by atoms with Gasteiger partial charge in [0.15, 0.2) is 0 Å². The molecular formula is C16H21N2O3+. The lowest BCUT2D eigenvalue weighted by Crippen LogP contribution is -2.44. The minimum Gasteiger partial charge on any atom is -0.465 e. The molecule has 2 atom stereocenters. The fraction of sp³-hybridized carbons (Fsp3) is 0.500. The van der Waals surface area contributed by atoms with Crippen LogP contribution in [0.3, 0.4) is 0 Å². The minimum atomic E-state index is -0.201. The van der Waals surface area contributed by atoms with Crippen molar-refractivity contribution in [3.63, 3.8) is 0 Å². The van der Waals surface area contributed by atoms with E-state index in [1.54, 1.807) is 0 Å². The molecule has 2 rings (SSSR count). The van der Waals surface area contributed by atoms with Gasteiger partial charge in [0.25, 0.3) is 0 Å². The van der Waals surface area contributed by atoms with Crippen LogP contribution in [0.1, 0.15) is 25.3 Å². The number of ether oxygens (including phenoxy) is 1. The lowest BCUT2D eigenvalue weighted by molar-refractivity contribution is -0.146. The van der Waals surface area contributed by atoms with Crippen molar-refractivity contribution in [2.75, 3.05) is 13.2 Å². The van der Waals surface area contributed by atoms with Crippen LogP contribution in [-0.2, 0) is 21.0 Å². The number of esters is 1. The summed E-state index contributed by atoms with van der Waals surface area (Å²) in [5.74, 6) is -0.000309. The van der Waals surface area contributed by atoms with E-state index in [-0.39, 0.29) is 17.9 Å². The maximum Gasteiger partial charge on any atom is 0.354 e. The second-order valence-corrected chi connectivity index (χ2v) is 4.97. The number of hydrogen-bond acceptors (Lipinski definition) is 4. The van der Waals surface area contributed by atoms with Crippen LogP contribution in [0.4, 0.5) is 0 Å². The summed E-state index contributed by atoms with van der Waals surface area (Å²) in [5.41, 5.74) is 1.08. The van der Waals surface area contributed by atoms with Gasteiger partial charge in [-0.1, -0.05) is 30.3 Å². The summed E-state index contributed by atoms with van der Waals surface area (Å²) >= 11 is 0.